The van der Waals surface area contributed by atoms with E-state index >= 15 is 0 Å². The molecule has 1 rings (SSSR count). The molecule has 0 aliphatic heterocycles. The van der Waals surface area contributed by atoms with Gasteiger partial charge in [-0.15, -0.1) is 5.10 Å². The second-order valence-corrected chi connectivity index (χ2v) is 3.73. The van der Waals surface area contributed by atoms with Crippen LogP contribution in [0.25, 0.3) is 0 Å². The fourth-order valence-corrected chi connectivity index (χ4v) is 0.863. The van der Waals surface area contributed by atoms with Crippen molar-refractivity contribution in [2.45, 2.75) is 19.4 Å². The molecule has 1 heterocycles. The van der Waals surface area contributed by atoms with E-state index < -0.39 is 11.6 Å². The number of nitrogens with one attached hydrogen (secondary N) is 2. The van der Waals surface area contributed by atoms with Crippen LogP contribution in [0.2, 0.25) is 0 Å². The van der Waals surface area contributed by atoms with Crippen LogP contribution in [0.3, 0.4) is 0 Å². The number of anilines is 1. The molecule has 0 spiro atoms. The van der Waals surface area contributed by atoms with Crippen molar-refractivity contribution in [3.8, 4) is 0 Å². The van der Waals surface area contributed by atoms with Gasteiger partial charge in [0.2, 0.25) is 0 Å². The van der Waals surface area contributed by atoms with Gasteiger partial charge in [-0.25, -0.2) is 4.79 Å². The number of hydrogen-bond donors (Lipinski definition) is 3. The highest BCUT2D eigenvalue weighted by molar-refractivity contribution is 5.88. The van der Waals surface area contributed by atoms with Gasteiger partial charge in [0.1, 0.15) is 0 Å². The maximum Gasteiger partial charge on any atom is 0.320 e. The highest BCUT2D eigenvalue weighted by atomic mass is 16.3. The quantitative estimate of drug-likeness (QED) is 0.672. The Balaban J connectivity index is 2.51. The van der Waals surface area contributed by atoms with Crippen LogP contribution in [0, 0.1) is 0 Å². The minimum atomic E-state index is -0.660. The molecule has 15 heavy (non-hydrogen) atoms. The molecule has 0 aliphatic carbocycles. The number of carbonyl (C=O) groups is 1. The second kappa shape index (κ2) is 4.70. The summed E-state index contributed by atoms with van der Waals surface area (Å²) >= 11 is 0. The molecule has 1 aromatic rings. The van der Waals surface area contributed by atoms with E-state index in [9.17, 15) is 4.79 Å². The van der Waals surface area contributed by atoms with Crippen LogP contribution >= 0.6 is 0 Å². The molecule has 0 saturated heterocycles. The average Bonchev–Trinajstić information content (AvgIpc) is 2.18. The van der Waals surface area contributed by atoms with E-state index in [1.807, 2.05) is 0 Å². The van der Waals surface area contributed by atoms with E-state index in [1.54, 1.807) is 26.0 Å². The zero-order chi connectivity index (χ0) is 11.3. The second-order valence-electron chi connectivity index (χ2n) is 3.73. The summed E-state index contributed by atoms with van der Waals surface area (Å²) < 4.78 is 0. The molecule has 6 nitrogen and oxygen atoms in total. The number of rotatable bonds is 3. The van der Waals surface area contributed by atoms with Crippen LogP contribution < -0.4 is 10.6 Å². The normalized spacial score (nSPS) is 10.9. The smallest absolute Gasteiger partial charge is 0.320 e. The third-order valence-electron chi connectivity index (χ3n) is 1.66. The van der Waals surface area contributed by atoms with Gasteiger partial charge in [-0.3, -0.25) is 5.32 Å². The molecular formula is C9H14N4O2. The van der Waals surface area contributed by atoms with Crippen LogP contribution in [0.1, 0.15) is 13.8 Å². The lowest BCUT2D eigenvalue weighted by Gasteiger charge is -2.23. The molecule has 0 radical (unpaired) electrons. The zero-order valence-corrected chi connectivity index (χ0v) is 8.69. The average molecular weight is 210 g/mol. The number of urea groups is 1. The van der Waals surface area contributed by atoms with Crippen molar-refractivity contribution < 1.29 is 9.90 Å². The van der Waals surface area contributed by atoms with Crippen molar-refractivity contribution in [2.75, 3.05) is 11.9 Å². The van der Waals surface area contributed by atoms with E-state index in [0.717, 1.165) is 0 Å². The Morgan fingerprint density at radius 2 is 2.33 bits per heavy atom. The molecular weight excluding hydrogens is 196 g/mol. The topological polar surface area (TPSA) is 87.1 Å². The van der Waals surface area contributed by atoms with Crippen molar-refractivity contribution >= 4 is 11.8 Å². The Bertz CT molecular complexity index is 326. The molecule has 0 aliphatic rings. The SMILES string of the molecule is CC(C)(CO)NC(=O)Nc1cccnn1. The fourth-order valence-electron chi connectivity index (χ4n) is 0.863. The summed E-state index contributed by atoms with van der Waals surface area (Å²) in [6.07, 6.45) is 1.51. The van der Waals surface area contributed by atoms with Gasteiger partial charge in [0.15, 0.2) is 5.82 Å². The Kier molecular flexibility index (Phi) is 3.56. The van der Waals surface area contributed by atoms with E-state index in [0.29, 0.717) is 5.82 Å². The summed E-state index contributed by atoms with van der Waals surface area (Å²) in [7, 11) is 0. The van der Waals surface area contributed by atoms with E-state index in [-0.39, 0.29) is 6.61 Å². The monoisotopic (exact) mass is 210 g/mol. The first-order chi connectivity index (χ1) is 7.03. The Labute approximate surface area is 87.7 Å². The van der Waals surface area contributed by atoms with Crippen LogP contribution in [-0.2, 0) is 0 Å². The van der Waals surface area contributed by atoms with Crippen LogP contribution in [0.5, 0.6) is 0 Å². The highest BCUT2D eigenvalue weighted by Gasteiger charge is 2.18. The van der Waals surface area contributed by atoms with E-state index in [2.05, 4.69) is 20.8 Å². The number of amides is 2. The highest BCUT2D eigenvalue weighted by Crippen LogP contribution is 2.02. The van der Waals surface area contributed by atoms with E-state index in [1.165, 1.54) is 6.20 Å². The number of hydrogen-bond acceptors (Lipinski definition) is 4. The van der Waals surface area contributed by atoms with Gasteiger partial charge in [-0.2, -0.15) is 5.10 Å². The molecule has 0 fully saturated rings. The molecule has 2 amide bonds. The lowest BCUT2D eigenvalue weighted by molar-refractivity contribution is 0.187. The molecule has 0 saturated carbocycles. The lowest BCUT2D eigenvalue weighted by atomic mass is 10.1. The van der Waals surface area contributed by atoms with Crippen molar-refractivity contribution in [3.05, 3.63) is 18.3 Å². The predicted octanol–water partition coefficient (Wildman–Crippen LogP) is 0.369. The van der Waals surface area contributed by atoms with Gasteiger partial charge in [-0.05, 0) is 26.0 Å². The minimum absolute atomic E-state index is 0.138. The molecule has 0 unspecified atom stereocenters. The maximum atomic E-state index is 11.4. The molecule has 0 aromatic carbocycles. The minimum Gasteiger partial charge on any atom is -0.394 e. The molecule has 0 atom stereocenters. The van der Waals surface area contributed by atoms with Gasteiger partial charge in [0, 0.05) is 6.20 Å². The van der Waals surface area contributed by atoms with Gasteiger partial charge in [-0.1, -0.05) is 0 Å². The first-order valence-corrected chi connectivity index (χ1v) is 4.51. The molecule has 6 heteroatoms. The molecule has 3 N–H and O–H groups in total. The van der Waals surface area contributed by atoms with Gasteiger partial charge in [0.05, 0.1) is 12.1 Å². The third-order valence-corrected chi connectivity index (χ3v) is 1.66. The fraction of sp³-hybridized carbons (Fsp3) is 0.444. The van der Waals surface area contributed by atoms with Gasteiger partial charge >= 0.3 is 6.03 Å². The summed E-state index contributed by atoms with van der Waals surface area (Å²) in [5.41, 5.74) is -0.660. The lowest BCUT2D eigenvalue weighted by Crippen LogP contribution is -2.48. The van der Waals surface area contributed by atoms with Crippen molar-refractivity contribution in [3.63, 3.8) is 0 Å². The van der Waals surface area contributed by atoms with Gasteiger partial charge < -0.3 is 10.4 Å². The van der Waals surface area contributed by atoms with Crippen molar-refractivity contribution in [1.82, 2.24) is 15.5 Å². The van der Waals surface area contributed by atoms with Crippen LogP contribution in [-0.4, -0.2) is 33.5 Å². The van der Waals surface area contributed by atoms with E-state index in [4.69, 9.17) is 5.11 Å². The van der Waals surface area contributed by atoms with Crippen molar-refractivity contribution in [1.29, 1.82) is 0 Å². The molecule has 0 bridgehead atoms. The summed E-state index contributed by atoms with van der Waals surface area (Å²) in [6, 6.07) is 2.87. The first kappa shape index (κ1) is 11.4. The number of aromatic nitrogens is 2. The third kappa shape index (κ3) is 3.90. The summed E-state index contributed by atoms with van der Waals surface area (Å²) in [5.74, 6) is 0.365. The maximum absolute atomic E-state index is 11.4. The largest absolute Gasteiger partial charge is 0.394 e. The number of carbonyl (C=O) groups excluding carboxylic acids is 1. The molecule has 82 valence electrons. The Morgan fingerprint density at radius 1 is 1.60 bits per heavy atom. The first-order valence-electron chi connectivity index (χ1n) is 4.51. The Morgan fingerprint density at radius 3 is 2.87 bits per heavy atom. The number of aliphatic hydroxyl groups excluding tert-OH is 1. The predicted molar refractivity (Wildman–Crippen MR) is 55.4 cm³/mol. The van der Waals surface area contributed by atoms with Crippen LogP contribution in [0.15, 0.2) is 18.3 Å². The van der Waals surface area contributed by atoms with Gasteiger partial charge in [0.25, 0.3) is 0 Å². The summed E-state index contributed by atoms with van der Waals surface area (Å²) in [6.45, 7) is 3.29. The summed E-state index contributed by atoms with van der Waals surface area (Å²) in [5, 5.41) is 21.3. The zero-order valence-electron chi connectivity index (χ0n) is 8.69. The summed E-state index contributed by atoms with van der Waals surface area (Å²) in [4.78, 5) is 11.4. The standard InChI is InChI=1S/C9H14N4O2/c1-9(2,6-14)12-8(15)11-7-4-3-5-10-13-7/h3-5,14H,6H2,1-2H3,(H2,11,12,13,15). The van der Waals surface area contributed by atoms with Crippen molar-refractivity contribution in [2.24, 2.45) is 0 Å². The number of aliphatic hydroxyl groups is 1. The molecule has 1 aromatic heterocycles. The Hall–Kier alpha value is -1.69. The number of nitrogens with zero attached hydrogens (tertiary/aromatic N) is 2. The van der Waals surface area contributed by atoms with Crippen LogP contribution in [0.4, 0.5) is 10.6 Å².